The minimum Gasteiger partial charge on any atom is -0.348 e. The number of carbonyl (C=O) groups excluding carboxylic acids is 1. The molecule has 7 rings (SSSR count). The van der Waals surface area contributed by atoms with Gasteiger partial charge in [0.15, 0.2) is 5.78 Å². The van der Waals surface area contributed by atoms with Crippen LogP contribution in [0.1, 0.15) is 29.9 Å². The van der Waals surface area contributed by atoms with Crippen molar-refractivity contribution in [2.45, 2.75) is 25.4 Å². The van der Waals surface area contributed by atoms with E-state index in [2.05, 4.69) is 83.8 Å². The van der Waals surface area contributed by atoms with Gasteiger partial charge in [0.2, 0.25) is 0 Å². The number of benzene rings is 2. The maximum Gasteiger partial charge on any atom is 0.154 e. The Bertz CT molecular complexity index is 1130. The summed E-state index contributed by atoms with van der Waals surface area (Å²) in [5, 5.41) is 1.34. The molecular weight excluding hydrogens is 358 g/mol. The van der Waals surface area contributed by atoms with Crippen molar-refractivity contribution in [2.24, 2.45) is 12.5 Å². The lowest BCUT2D eigenvalue weighted by molar-refractivity contribution is -0.185. The Morgan fingerprint density at radius 3 is 2.21 bits per heavy atom. The average molecular weight is 386 g/mol. The maximum atomic E-state index is 13.7. The van der Waals surface area contributed by atoms with Crippen LogP contribution in [0.2, 0.25) is 0 Å². The minimum absolute atomic E-state index is 0.249. The molecule has 0 amide bonds. The Morgan fingerprint density at radius 1 is 0.897 bits per heavy atom. The first-order valence-electron chi connectivity index (χ1n) is 10.6. The highest BCUT2D eigenvalue weighted by Crippen LogP contribution is 2.54. The molecule has 1 aromatic heterocycles. The topological polar surface area (TPSA) is 28.5 Å². The molecule has 148 valence electrons. The standard InChI is InChI=1S/C25H27N3O/c1-17-21(19-11-7-8-12-20(19)26(17)3)22-27-13-24(2)14-28(22)16-25(15-27,23(24)29)18-9-5-4-6-10-18/h4-12,22H,13-16H2,1-3H3. The summed E-state index contributed by atoms with van der Waals surface area (Å²) in [5.74, 6) is 0.441. The largest absolute Gasteiger partial charge is 0.348 e. The molecule has 29 heavy (non-hydrogen) atoms. The van der Waals surface area contributed by atoms with Crippen LogP contribution in [0.4, 0.5) is 0 Å². The molecule has 0 radical (unpaired) electrons. The van der Waals surface area contributed by atoms with E-state index < -0.39 is 5.41 Å². The molecular formula is C25H27N3O. The molecule has 0 aliphatic carbocycles. The lowest BCUT2D eigenvalue weighted by Gasteiger charge is -2.65. The second kappa shape index (κ2) is 5.59. The van der Waals surface area contributed by atoms with E-state index in [1.807, 2.05) is 6.07 Å². The monoisotopic (exact) mass is 385 g/mol. The molecule has 4 fully saturated rings. The summed E-state index contributed by atoms with van der Waals surface area (Å²) in [6.07, 6.45) is 0.249. The zero-order valence-electron chi connectivity index (χ0n) is 17.4. The fourth-order valence-electron chi connectivity index (χ4n) is 6.56. The summed E-state index contributed by atoms with van der Waals surface area (Å²) in [5.41, 5.74) is 4.52. The molecule has 4 bridgehead atoms. The molecule has 4 aliphatic rings. The lowest BCUT2D eigenvalue weighted by atomic mass is 9.58. The Balaban J connectivity index is 1.52. The van der Waals surface area contributed by atoms with Gasteiger partial charge in [0.25, 0.3) is 0 Å². The van der Waals surface area contributed by atoms with Crippen LogP contribution in [0.25, 0.3) is 10.9 Å². The number of ketones is 1. The van der Waals surface area contributed by atoms with Gasteiger partial charge in [-0.2, -0.15) is 0 Å². The van der Waals surface area contributed by atoms with Crippen molar-refractivity contribution in [3.05, 3.63) is 71.4 Å². The number of rotatable bonds is 2. The fraction of sp³-hybridized carbons (Fsp3) is 0.400. The summed E-state index contributed by atoms with van der Waals surface area (Å²) in [4.78, 5) is 18.8. The average Bonchev–Trinajstić information content (AvgIpc) is 2.97. The SMILES string of the molecule is Cc1c(C2N3CC4(C)CN2CC(c2ccccc2)(C3)C4=O)c2ccccc2n1C. The number of hydrogen-bond donors (Lipinski definition) is 0. The second-order valence-electron chi connectivity index (χ2n) is 9.60. The van der Waals surface area contributed by atoms with Gasteiger partial charge in [-0.25, -0.2) is 0 Å². The van der Waals surface area contributed by atoms with Crippen molar-refractivity contribution in [2.75, 3.05) is 26.2 Å². The van der Waals surface area contributed by atoms with Crippen molar-refractivity contribution >= 4 is 16.7 Å². The van der Waals surface area contributed by atoms with Crippen molar-refractivity contribution in [3.63, 3.8) is 0 Å². The molecule has 5 heterocycles. The Hall–Kier alpha value is -2.43. The molecule has 0 N–H and O–H groups in total. The summed E-state index contributed by atoms with van der Waals surface area (Å²) in [7, 11) is 2.16. The van der Waals surface area contributed by atoms with E-state index in [1.165, 1.54) is 27.7 Å². The van der Waals surface area contributed by atoms with Crippen LogP contribution in [0.15, 0.2) is 54.6 Å². The number of nitrogens with zero attached hydrogens (tertiary/aromatic N) is 3. The van der Waals surface area contributed by atoms with E-state index >= 15 is 0 Å². The lowest BCUT2D eigenvalue weighted by Crippen LogP contribution is -2.77. The normalized spacial score (nSPS) is 35.6. The zero-order valence-corrected chi connectivity index (χ0v) is 17.4. The predicted molar refractivity (Wildman–Crippen MR) is 115 cm³/mol. The molecule has 2 atom stereocenters. The van der Waals surface area contributed by atoms with Crippen LogP contribution >= 0.6 is 0 Å². The van der Waals surface area contributed by atoms with E-state index in [9.17, 15) is 4.79 Å². The first-order chi connectivity index (χ1) is 13.9. The van der Waals surface area contributed by atoms with Crippen molar-refractivity contribution in [3.8, 4) is 0 Å². The zero-order chi connectivity index (χ0) is 20.0. The summed E-state index contributed by atoms with van der Waals surface area (Å²) >= 11 is 0. The molecule has 4 heteroatoms. The quantitative estimate of drug-likeness (QED) is 0.674. The number of piperidine rings is 2. The Morgan fingerprint density at radius 2 is 1.52 bits per heavy atom. The molecule has 2 unspecified atom stereocenters. The number of aryl methyl sites for hydroxylation is 1. The number of carbonyl (C=O) groups is 1. The highest BCUT2D eigenvalue weighted by atomic mass is 16.1. The van der Waals surface area contributed by atoms with Crippen LogP contribution in [-0.2, 0) is 17.3 Å². The van der Waals surface area contributed by atoms with Gasteiger partial charge in [0, 0.05) is 55.4 Å². The van der Waals surface area contributed by atoms with Gasteiger partial charge in [-0.1, -0.05) is 55.5 Å². The fourth-order valence-corrected chi connectivity index (χ4v) is 6.56. The highest BCUT2D eigenvalue weighted by Gasteiger charge is 2.64. The van der Waals surface area contributed by atoms with Crippen LogP contribution < -0.4 is 0 Å². The summed E-state index contributed by atoms with van der Waals surface area (Å²) in [6.45, 7) is 7.75. The van der Waals surface area contributed by atoms with Gasteiger partial charge in [-0.05, 0) is 18.6 Å². The van der Waals surface area contributed by atoms with Crippen LogP contribution in [0, 0.1) is 12.3 Å². The van der Waals surface area contributed by atoms with Gasteiger partial charge in [0.05, 0.1) is 17.0 Å². The van der Waals surface area contributed by atoms with Gasteiger partial charge in [0.1, 0.15) is 0 Å². The molecule has 4 nitrogen and oxygen atoms in total. The van der Waals surface area contributed by atoms with Gasteiger partial charge >= 0.3 is 0 Å². The number of para-hydroxylation sites is 1. The predicted octanol–water partition coefficient (Wildman–Crippen LogP) is 3.64. The Labute approximate surface area is 171 Å². The summed E-state index contributed by atoms with van der Waals surface area (Å²) in [6, 6.07) is 19.2. The number of Topliss-reactive ketones (excluding diaryl/α,β-unsaturated/α-hetero) is 1. The van der Waals surface area contributed by atoms with Gasteiger partial charge in [-0.3, -0.25) is 14.6 Å². The molecule has 4 saturated heterocycles. The third kappa shape index (κ3) is 2.08. The maximum absolute atomic E-state index is 13.7. The first kappa shape index (κ1) is 17.4. The molecule has 2 aromatic carbocycles. The van der Waals surface area contributed by atoms with E-state index in [-0.39, 0.29) is 11.6 Å². The minimum atomic E-state index is -0.401. The number of fused-ring (bicyclic) bond motifs is 1. The molecule has 0 saturated carbocycles. The third-order valence-corrected chi connectivity index (χ3v) is 7.76. The van der Waals surface area contributed by atoms with Crippen LogP contribution in [0.5, 0.6) is 0 Å². The first-order valence-corrected chi connectivity index (χ1v) is 10.6. The summed E-state index contributed by atoms with van der Waals surface area (Å²) < 4.78 is 2.32. The van der Waals surface area contributed by atoms with E-state index in [1.54, 1.807) is 0 Å². The number of hydrogen-bond acceptors (Lipinski definition) is 3. The van der Waals surface area contributed by atoms with Crippen molar-refractivity contribution in [1.29, 1.82) is 0 Å². The van der Waals surface area contributed by atoms with E-state index in [0.29, 0.717) is 5.78 Å². The van der Waals surface area contributed by atoms with Crippen molar-refractivity contribution < 1.29 is 4.79 Å². The van der Waals surface area contributed by atoms with Crippen LogP contribution in [0.3, 0.4) is 0 Å². The Kier molecular flexibility index (Phi) is 3.36. The van der Waals surface area contributed by atoms with E-state index in [4.69, 9.17) is 0 Å². The van der Waals surface area contributed by atoms with Crippen LogP contribution in [-0.4, -0.2) is 46.3 Å². The van der Waals surface area contributed by atoms with Crippen molar-refractivity contribution in [1.82, 2.24) is 14.4 Å². The molecule has 4 aliphatic heterocycles. The van der Waals surface area contributed by atoms with Gasteiger partial charge in [-0.15, -0.1) is 0 Å². The smallest absolute Gasteiger partial charge is 0.154 e. The molecule has 0 spiro atoms. The van der Waals surface area contributed by atoms with E-state index in [0.717, 1.165) is 26.2 Å². The van der Waals surface area contributed by atoms with Gasteiger partial charge < -0.3 is 4.57 Å². The third-order valence-electron chi connectivity index (χ3n) is 7.76. The number of aromatic nitrogens is 1. The second-order valence-corrected chi connectivity index (χ2v) is 9.60. The molecule has 3 aromatic rings. The highest BCUT2D eigenvalue weighted by molar-refractivity contribution is 5.98.